The molecule has 4 heteroatoms. The highest BCUT2D eigenvalue weighted by Gasteiger charge is 2.24. The zero-order valence-electron chi connectivity index (χ0n) is 8.71. The van der Waals surface area contributed by atoms with Gasteiger partial charge in [-0.2, -0.15) is 0 Å². The van der Waals surface area contributed by atoms with Crippen LogP contribution >= 0.6 is 11.6 Å². The highest BCUT2D eigenvalue weighted by atomic mass is 35.5. The summed E-state index contributed by atoms with van der Waals surface area (Å²) in [6.07, 6.45) is 1.88. The first-order chi connectivity index (χ1) is 7.66. The molecule has 16 heavy (non-hydrogen) atoms. The maximum Gasteiger partial charge on any atom is 0.221 e. The van der Waals surface area contributed by atoms with Crippen LogP contribution in [0.4, 0.5) is 4.39 Å². The Balaban J connectivity index is 2.00. The number of hydrogen-bond donors (Lipinski definition) is 0. The zero-order chi connectivity index (χ0) is 11.5. The molecule has 2 nitrogen and oxygen atoms in total. The Bertz CT molecular complexity index is 406. The first-order valence-corrected chi connectivity index (χ1v) is 5.65. The quantitative estimate of drug-likeness (QED) is 0.758. The Kier molecular flexibility index (Phi) is 3.44. The molecule has 0 saturated carbocycles. The molecular weight excluding hydrogens is 231 g/mol. The fourth-order valence-corrected chi connectivity index (χ4v) is 2.11. The molecule has 0 bridgehead atoms. The van der Waals surface area contributed by atoms with E-state index in [0.717, 1.165) is 17.7 Å². The van der Waals surface area contributed by atoms with Crippen molar-refractivity contribution in [2.75, 3.05) is 6.61 Å². The molecule has 1 aromatic carbocycles. The fraction of sp³-hybridized carbons (Fsp3) is 0.417. The monoisotopic (exact) mass is 242 g/mol. The molecule has 0 aliphatic carbocycles. The van der Waals surface area contributed by atoms with Gasteiger partial charge in [0, 0.05) is 17.9 Å². The topological polar surface area (TPSA) is 26.3 Å². The van der Waals surface area contributed by atoms with Crippen LogP contribution in [-0.2, 0) is 4.79 Å². The predicted octanol–water partition coefficient (Wildman–Crippen LogP) is 3.24. The number of carbonyl (C=O) groups is 1. The number of carbonyl (C=O) groups excluding carboxylic acids is 1. The van der Waals surface area contributed by atoms with E-state index in [2.05, 4.69) is 0 Å². The molecule has 1 heterocycles. The number of halogens is 2. The number of fused-ring (bicyclic) bond motifs is 1. The molecule has 0 radical (unpaired) electrons. The highest BCUT2D eigenvalue weighted by molar-refractivity contribution is 6.63. The maximum absolute atomic E-state index is 13.1. The molecular formula is C12H12ClFO2. The summed E-state index contributed by atoms with van der Waals surface area (Å²) in [5.74, 6) is 0.688. The van der Waals surface area contributed by atoms with Crippen molar-refractivity contribution in [2.24, 2.45) is 0 Å². The molecule has 0 spiro atoms. The summed E-state index contributed by atoms with van der Waals surface area (Å²) >= 11 is 5.26. The van der Waals surface area contributed by atoms with Crippen molar-refractivity contribution < 1.29 is 13.9 Å². The van der Waals surface area contributed by atoms with Crippen LogP contribution < -0.4 is 4.74 Å². The molecule has 1 aromatic rings. The summed E-state index contributed by atoms with van der Waals surface area (Å²) in [6.45, 7) is 0.565. The summed E-state index contributed by atoms with van der Waals surface area (Å²) < 4.78 is 18.5. The van der Waals surface area contributed by atoms with Gasteiger partial charge in [-0.3, -0.25) is 4.79 Å². The van der Waals surface area contributed by atoms with E-state index in [-0.39, 0.29) is 17.0 Å². The van der Waals surface area contributed by atoms with Crippen LogP contribution in [0.1, 0.15) is 30.7 Å². The van der Waals surface area contributed by atoms with E-state index in [0.29, 0.717) is 19.4 Å². The predicted molar refractivity (Wildman–Crippen MR) is 59.3 cm³/mol. The Hall–Kier alpha value is -1.09. The SMILES string of the molecule is O=C(Cl)CCCC1COc2ccc(F)cc21. The van der Waals surface area contributed by atoms with Crippen LogP contribution in [-0.4, -0.2) is 11.8 Å². The van der Waals surface area contributed by atoms with Crippen LogP contribution in [0.15, 0.2) is 18.2 Å². The minimum atomic E-state index is -0.321. The van der Waals surface area contributed by atoms with E-state index < -0.39 is 0 Å². The standard InChI is InChI=1S/C12H12ClFO2/c13-12(15)3-1-2-8-7-16-11-5-4-9(14)6-10(8)11/h4-6,8H,1-3,7H2. The van der Waals surface area contributed by atoms with E-state index in [9.17, 15) is 9.18 Å². The Morgan fingerprint density at radius 3 is 3.12 bits per heavy atom. The molecule has 1 unspecified atom stereocenters. The van der Waals surface area contributed by atoms with Crippen molar-refractivity contribution >= 4 is 16.8 Å². The van der Waals surface area contributed by atoms with Crippen molar-refractivity contribution in [1.82, 2.24) is 0 Å². The molecule has 86 valence electrons. The van der Waals surface area contributed by atoms with Crippen molar-refractivity contribution in [2.45, 2.75) is 25.2 Å². The molecule has 0 N–H and O–H groups in total. The van der Waals surface area contributed by atoms with E-state index >= 15 is 0 Å². The fourth-order valence-electron chi connectivity index (χ4n) is 1.98. The highest BCUT2D eigenvalue weighted by Crippen LogP contribution is 2.37. The first kappa shape index (κ1) is 11.4. The van der Waals surface area contributed by atoms with Crippen molar-refractivity contribution in [1.29, 1.82) is 0 Å². The van der Waals surface area contributed by atoms with Gasteiger partial charge in [0.2, 0.25) is 5.24 Å². The summed E-state index contributed by atoms with van der Waals surface area (Å²) in [5.41, 5.74) is 0.905. The summed E-state index contributed by atoms with van der Waals surface area (Å²) in [7, 11) is 0. The van der Waals surface area contributed by atoms with Crippen molar-refractivity contribution in [3.63, 3.8) is 0 Å². The van der Waals surface area contributed by atoms with Gasteiger partial charge in [-0.15, -0.1) is 0 Å². The number of hydrogen-bond acceptors (Lipinski definition) is 2. The second kappa shape index (κ2) is 4.83. The van der Waals surface area contributed by atoms with Gasteiger partial charge in [-0.05, 0) is 42.6 Å². The molecule has 1 aliphatic rings. The average Bonchev–Trinajstić information content (AvgIpc) is 2.60. The maximum atomic E-state index is 13.1. The lowest BCUT2D eigenvalue weighted by Crippen LogP contribution is -2.01. The third-order valence-corrected chi connectivity index (χ3v) is 2.97. The summed E-state index contributed by atoms with van der Waals surface area (Å²) in [4.78, 5) is 10.6. The van der Waals surface area contributed by atoms with Crippen LogP contribution in [0, 0.1) is 5.82 Å². The number of benzene rings is 1. The zero-order valence-corrected chi connectivity index (χ0v) is 9.47. The van der Waals surface area contributed by atoms with E-state index in [1.54, 1.807) is 6.07 Å². The third kappa shape index (κ3) is 2.53. The smallest absolute Gasteiger partial charge is 0.221 e. The molecule has 0 amide bonds. The Labute approximate surface area is 98.4 Å². The van der Waals surface area contributed by atoms with E-state index in [1.807, 2.05) is 0 Å². The summed E-state index contributed by atoms with van der Waals surface area (Å²) in [5, 5.41) is -0.321. The molecule has 0 fully saturated rings. The van der Waals surface area contributed by atoms with E-state index in [1.165, 1.54) is 12.1 Å². The van der Waals surface area contributed by atoms with Gasteiger partial charge in [0.25, 0.3) is 0 Å². The van der Waals surface area contributed by atoms with Gasteiger partial charge >= 0.3 is 0 Å². The largest absolute Gasteiger partial charge is 0.493 e. The molecule has 1 atom stereocenters. The van der Waals surface area contributed by atoms with E-state index in [4.69, 9.17) is 16.3 Å². The number of rotatable bonds is 4. The number of ether oxygens (including phenoxy) is 1. The van der Waals surface area contributed by atoms with Gasteiger partial charge in [-0.1, -0.05) is 0 Å². The van der Waals surface area contributed by atoms with Crippen LogP contribution in [0.5, 0.6) is 5.75 Å². The van der Waals surface area contributed by atoms with Gasteiger partial charge in [-0.25, -0.2) is 4.39 Å². The minimum absolute atomic E-state index is 0.182. The first-order valence-electron chi connectivity index (χ1n) is 5.27. The van der Waals surface area contributed by atoms with Crippen molar-refractivity contribution in [3.05, 3.63) is 29.6 Å². The van der Waals surface area contributed by atoms with Crippen LogP contribution in [0.25, 0.3) is 0 Å². The Morgan fingerprint density at radius 1 is 1.56 bits per heavy atom. The van der Waals surface area contributed by atoms with Crippen LogP contribution in [0.2, 0.25) is 0 Å². The minimum Gasteiger partial charge on any atom is -0.493 e. The summed E-state index contributed by atoms with van der Waals surface area (Å²) in [6, 6.07) is 4.55. The van der Waals surface area contributed by atoms with Crippen molar-refractivity contribution in [3.8, 4) is 5.75 Å². The molecule has 2 rings (SSSR count). The second-order valence-corrected chi connectivity index (χ2v) is 4.36. The lowest BCUT2D eigenvalue weighted by atomic mass is 9.95. The Morgan fingerprint density at radius 2 is 2.38 bits per heavy atom. The van der Waals surface area contributed by atoms with Gasteiger partial charge in [0.05, 0.1) is 6.61 Å². The van der Waals surface area contributed by atoms with Crippen LogP contribution in [0.3, 0.4) is 0 Å². The molecule has 0 saturated heterocycles. The molecule has 1 aliphatic heterocycles. The second-order valence-electron chi connectivity index (χ2n) is 3.94. The normalized spacial score (nSPS) is 18.0. The lowest BCUT2D eigenvalue weighted by molar-refractivity contribution is -0.111. The lowest BCUT2D eigenvalue weighted by Gasteiger charge is -2.07. The van der Waals surface area contributed by atoms with Gasteiger partial charge in [0.1, 0.15) is 11.6 Å². The van der Waals surface area contributed by atoms with Gasteiger partial charge < -0.3 is 4.74 Å². The molecule has 0 aromatic heterocycles. The third-order valence-electron chi connectivity index (χ3n) is 2.78. The van der Waals surface area contributed by atoms with Gasteiger partial charge in [0.15, 0.2) is 0 Å². The average molecular weight is 243 g/mol.